The highest BCUT2D eigenvalue weighted by molar-refractivity contribution is 6.02. The number of amides is 1. The standard InChI is InChI=1S/C26H32N2O2/c1-4-6-16-23-25(24(26(27)29)19(3)28(23)17-7-5-2)20-12-11-15-22(18-20)30-21-13-9-8-10-14-21/h8-15,18H,4-7,16-17H2,1-3H3,(H2,27,29). The Morgan fingerprint density at radius 3 is 2.33 bits per heavy atom. The predicted octanol–water partition coefficient (Wildman–Crippen LogP) is 6.50. The maximum Gasteiger partial charge on any atom is 0.251 e. The van der Waals surface area contributed by atoms with Crippen LogP contribution in [0.2, 0.25) is 0 Å². The van der Waals surface area contributed by atoms with Gasteiger partial charge in [0.2, 0.25) is 0 Å². The van der Waals surface area contributed by atoms with Gasteiger partial charge in [-0.15, -0.1) is 0 Å². The van der Waals surface area contributed by atoms with E-state index in [2.05, 4.69) is 18.4 Å². The van der Waals surface area contributed by atoms with Crippen LogP contribution in [0.3, 0.4) is 0 Å². The highest BCUT2D eigenvalue weighted by Crippen LogP contribution is 2.36. The first-order chi connectivity index (χ1) is 14.6. The maximum atomic E-state index is 12.5. The van der Waals surface area contributed by atoms with Gasteiger partial charge in [-0.2, -0.15) is 0 Å². The molecule has 1 aromatic heterocycles. The second-order valence-electron chi connectivity index (χ2n) is 7.70. The Bertz CT molecular complexity index is 990. The molecule has 0 saturated heterocycles. The van der Waals surface area contributed by atoms with Crippen LogP contribution in [0.15, 0.2) is 54.6 Å². The topological polar surface area (TPSA) is 57.2 Å². The van der Waals surface area contributed by atoms with E-state index in [1.807, 2.05) is 61.5 Å². The number of carbonyl (C=O) groups excluding carboxylic acids is 1. The molecule has 4 heteroatoms. The molecule has 3 aromatic rings. The van der Waals surface area contributed by atoms with E-state index in [1.165, 1.54) is 5.69 Å². The van der Waals surface area contributed by atoms with Crippen LogP contribution < -0.4 is 10.5 Å². The number of para-hydroxylation sites is 1. The van der Waals surface area contributed by atoms with Crippen LogP contribution in [0.25, 0.3) is 11.1 Å². The van der Waals surface area contributed by atoms with Crippen LogP contribution in [0, 0.1) is 6.92 Å². The normalized spacial score (nSPS) is 10.9. The third kappa shape index (κ3) is 4.76. The molecule has 1 heterocycles. The molecule has 0 unspecified atom stereocenters. The van der Waals surface area contributed by atoms with Crippen molar-refractivity contribution in [1.29, 1.82) is 0 Å². The van der Waals surface area contributed by atoms with Gasteiger partial charge in [0.05, 0.1) is 5.56 Å². The number of ether oxygens (including phenoxy) is 1. The van der Waals surface area contributed by atoms with Crippen LogP contribution in [-0.2, 0) is 13.0 Å². The molecule has 0 bridgehead atoms. The molecular formula is C26H32N2O2. The lowest BCUT2D eigenvalue weighted by Gasteiger charge is -2.13. The number of nitrogens with two attached hydrogens (primary N) is 1. The Labute approximate surface area is 179 Å². The Balaban J connectivity index is 2.11. The van der Waals surface area contributed by atoms with Crippen molar-refractivity contribution in [2.24, 2.45) is 5.73 Å². The smallest absolute Gasteiger partial charge is 0.251 e. The van der Waals surface area contributed by atoms with Crippen molar-refractivity contribution in [3.8, 4) is 22.6 Å². The molecule has 0 fully saturated rings. The Morgan fingerprint density at radius 2 is 1.67 bits per heavy atom. The number of benzene rings is 2. The summed E-state index contributed by atoms with van der Waals surface area (Å²) >= 11 is 0. The summed E-state index contributed by atoms with van der Waals surface area (Å²) in [7, 11) is 0. The van der Waals surface area contributed by atoms with E-state index in [-0.39, 0.29) is 5.91 Å². The summed E-state index contributed by atoms with van der Waals surface area (Å²) in [4.78, 5) is 12.5. The van der Waals surface area contributed by atoms with Crippen LogP contribution >= 0.6 is 0 Å². The monoisotopic (exact) mass is 404 g/mol. The van der Waals surface area contributed by atoms with Crippen molar-refractivity contribution in [2.75, 3.05) is 0 Å². The average Bonchev–Trinajstić information content (AvgIpc) is 3.03. The van der Waals surface area contributed by atoms with Gasteiger partial charge in [0.25, 0.3) is 5.91 Å². The first-order valence-corrected chi connectivity index (χ1v) is 10.9. The van der Waals surface area contributed by atoms with Crippen molar-refractivity contribution in [2.45, 2.75) is 59.4 Å². The molecule has 4 nitrogen and oxygen atoms in total. The van der Waals surface area contributed by atoms with Crippen LogP contribution in [0.5, 0.6) is 11.5 Å². The number of unbranched alkanes of at least 4 members (excludes halogenated alkanes) is 2. The number of nitrogens with zero attached hydrogens (tertiary/aromatic N) is 1. The van der Waals surface area contributed by atoms with Crippen molar-refractivity contribution < 1.29 is 9.53 Å². The third-order valence-electron chi connectivity index (χ3n) is 5.48. The van der Waals surface area contributed by atoms with Crippen LogP contribution in [-0.4, -0.2) is 10.5 Å². The number of hydrogen-bond acceptors (Lipinski definition) is 2. The van der Waals surface area contributed by atoms with Crippen LogP contribution in [0.4, 0.5) is 0 Å². The summed E-state index contributed by atoms with van der Waals surface area (Å²) in [6.07, 6.45) is 5.27. The summed E-state index contributed by atoms with van der Waals surface area (Å²) in [5.74, 6) is 1.16. The molecule has 3 rings (SSSR count). The van der Waals surface area contributed by atoms with E-state index in [1.54, 1.807) is 0 Å². The summed E-state index contributed by atoms with van der Waals surface area (Å²) in [6, 6.07) is 17.7. The van der Waals surface area contributed by atoms with Gasteiger partial charge in [0.15, 0.2) is 0 Å². The zero-order chi connectivity index (χ0) is 21.5. The Hall–Kier alpha value is -3.01. The molecule has 0 radical (unpaired) electrons. The molecule has 2 aromatic carbocycles. The van der Waals surface area contributed by atoms with Gasteiger partial charge in [-0.05, 0) is 56.0 Å². The maximum absolute atomic E-state index is 12.5. The summed E-state index contributed by atoms with van der Waals surface area (Å²) < 4.78 is 8.35. The SMILES string of the molecule is CCCCc1c(-c2cccc(Oc3ccccc3)c2)c(C(N)=O)c(C)n1CCCC. The fraction of sp³-hybridized carbons (Fsp3) is 0.346. The molecule has 1 amide bonds. The lowest BCUT2D eigenvalue weighted by atomic mass is 9.97. The number of hydrogen-bond donors (Lipinski definition) is 1. The van der Waals surface area contributed by atoms with E-state index in [0.717, 1.165) is 67.0 Å². The van der Waals surface area contributed by atoms with Gasteiger partial charge in [-0.25, -0.2) is 0 Å². The summed E-state index contributed by atoms with van der Waals surface area (Å²) in [6.45, 7) is 7.29. The molecular weight excluding hydrogens is 372 g/mol. The second kappa shape index (κ2) is 10.1. The largest absolute Gasteiger partial charge is 0.457 e. The van der Waals surface area contributed by atoms with Gasteiger partial charge in [-0.3, -0.25) is 4.79 Å². The van der Waals surface area contributed by atoms with Crippen molar-refractivity contribution in [3.05, 3.63) is 71.5 Å². The average molecular weight is 405 g/mol. The molecule has 158 valence electrons. The van der Waals surface area contributed by atoms with E-state index in [0.29, 0.717) is 5.56 Å². The number of aromatic nitrogens is 1. The van der Waals surface area contributed by atoms with E-state index in [4.69, 9.17) is 10.5 Å². The third-order valence-corrected chi connectivity index (χ3v) is 5.48. The molecule has 0 saturated carbocycles. The fourth-order valence-electron chi connectivity index (χ4n) is 3.97. The Morgan fingerprint density at radius 1 is 0.967 bits per heavy atom. The van der Waals surface area contributed by atoms with Gasteiger partial charge in [-0.1, -0.05) is 57.0 Å². The Kier molecular flexibility index (Phi) is 7.34. The second-order valence-corrected chi connectivity index (χ2v) is 7.70. The lowest BCUT2D eigenvalue weighted by Crippen LogP contribution is -2.13. The lowest BCUT2D eigenvalue weighted by molar-refractivity contribution is 0.1000. The van der Waals surface area contributed by atoms with Gasteiger partial charge in [0.1, 0.15) is 11.5 Å². The fourth-order valence-corrected chi connectivity index (χ4v) is 3.97. The minimum atomic E-state index is -0.370. The minimum absolute atomic E-state index is 0.370. The number of primary amides is 1. The molecule has 0 aliphatic heterocycles. The summed E-state index contributed by atoms with van der Waals surface area (Å²) in [5.41, 5.74) is 10.6. The zero-order valence-electron chi connectivity index (χ0n) is 18.3. The quantitative estimate of drug-likeness (QED) is 0.419. The molecule has 0 aliphatic rings. The van der Waals surface area contributed by atoms with Crippen molar-refractivity contribution in [3.63, 3.8) is 0 Å². The molecule has 0 atom stereocenters. The van der Waals surface area contributed by atoms with Crippen molar-refractivity contribution >= 4 is 5.91 Å². The molecule has 30 heavy (non-hydrogen) atoms. The first-order valence-electron chi connectivity index (χ1n) is 10.9. The highest BCUT2D eigenvalue weighted by atomic mass is 16.5. The number of carbonyl (C=O) groups is 1. The minimum Gasteiger partial charge on any atom is -0.457 e. The van der Waals surface area contributed by atoms with E-state index < -0.39 is 0 Å². The van der Waals surface area contributed by atoms with E-state index in [9.17, 15) is 4.79 Å². The zero-order valence-corrected chi connectivity index (χ0v) is 18.3. The molecule has 0 aliphatic carbocycles. The van der Waals surface area contributed by atoms with Crippen molar-refractivity contribution in [1.82, 2.24) is 4.57 Å². The van der Waals surface area contributed by atoms with Gasteiger partial charge in [0, 0.05) is 23.5 Å². The van der Waals surface area contributed by atoms with E-state index >= 15 is 0 Å². The number of rotatable bonds is 10. The van der Waals surface area contributed by atoms with Gasteiger partial charge >= 0.3 is 0 Å². The van der Waals surface area contributed by atoms with Crippen LogP contribution in [0.1, 0.15) is 61.3 Å². The molecule has 0 spiro atoms. The first kappa shape index (κ1) is 21.7. The molecule has 2 N–H and O–H groups in total. The highest BCUT2D eigenvalue weighted by Gasteiger charge is 2.24. The summed E-state index contributed by atoms with van der Waals surface area (Å²) in [5, 5.41) is 0. The van der Waals surface area contributed by atoms with Gasteiger partial charge < -0.3 is 15.0 Å². The predicted molar refractivity (Wildman–Crippen MR) is 123 cm³/mol.